The van der Waals surface area contributed by atoms with Crippen LogP contribution >= 0.6 is 0 Å². The third kappa shape index (κ3) is 8.91. The Labute approximate surface area is 484 Å². The monoisotopic (exact) mass is 1230 g/mol. The number of rotatable bonds is 8. The molecule has 0 amide bonds. The Morgan fingerprint density at radius 2 is 1.04 bits per heavy atom. The summed E-state index contributed by atoms with van der Waals surface area (Å²) in [5.74, 6) is 2.98. The van der Waals surface area contributed by atoms with Crippen molar-refractivity contribution in [3.8, 4) is 50.9 Å². The van der Waals surface area contributed by atoms with Gasteiger partial charge in [-0.2, -0.15) is 0 Å². The van der Waals surface area contributed by atoms with Crippen molar-refractivity contribution >= 4 is 60.2 Å². The van der Waals surface area contributed by atoms with E-state index < -0.39 is 0 Å². The molecule has 6 nitrogen and oxygen atoms in total. The Morgan fingerprint density at radius 3 is 1.74 bits per heavy atom. The van der Waals surface area contributed by atoms with Gasteiger partial charge in [-0.1, -0.05) is 46.1 Å². The van der Waals surface area contributed by atoms with Crippen LogP contribution in [0.5, 0.6) is 11.5 Å². The SMILES string of the molecule is CC(C)(C)c1ccc(-n2c3ccccc3c3cccc4c3n([c](=[Pt])n4-c3c(-c4ccccc4)cccc3-c3ccccc3)c3cc(Oc4ccc5c6cc(C7CCCCC7)ccc6n(-c6cc(C(C)(C)C)ccn6)c5c4)ccc32)cc1. The van der Waals surface area contributed by atoms with Crippen molar-refractivity contribution in [2.75, 3.05) is 0 Å². The number of pyridine rings is 1. The molecule has 9 aromatic carbocycles. The second kappa shape index (κ2) is 20.0. The average Bonchev–Trinajstić information content (AvgIpc) is 3.11. The van der Waals surface area contributed by atoms with Gasteiger partial charge in [0, 0.05) is 6.20 Å². The zero-order valence-electron chi connectivity index (χ0n) is 46.9. The summed E-state index contributed by atoms with van der Waals surface area (Å²) in [6.07, 6.45) is 8.39. The molecule has 0 bridgehead atoms. The Hall–Kier alpha value is -8.31. The second-order valence-electron chi connectivity index (χ2n) is 24.2. The molecular formula is C74H65N5OPt. The summed E-state index contributed by atoms with van der Waals surface area (Å²) in [5.41, 5.74) is 18.3. The maximum atomic E-state index is 7.27. The van der Waals surface area contributed by atoms with E-state index in [1.165, 1.54) is 59.6 Å². The fourth-order valence-corrected chi connectivity index (χ4v) is 13.9. The molecule has 0 unspecified atom stereocenters. The van der Waals surface area contributed by atoms with Gasteiger partial charge in [-0.3, -0.25) is 0 Å². The zero-order valence-corrected chi connectivity index (χ0v) is 49.1. The topological polar surface area (TPSA) is 41.3 Å². The molecule has 0 spiro atoms. The van der Waals surface area contributed by atoms with Crippen molar-refractivity contribution in [3.63, 3.8) is 0 Å². The van der Waals surface area contributed by atoms with Gasteiger partial charge in [0.15, 0.2) is 0 Å². The van der Waals surface area contributed by atoms with E-state index in [2.05, 4.69) is 291 Å². The van der Waals surface area contributed by atoms with E-state index >= 15 is 0 Å². The van der Waals surface area contributed by atoms with Crippen LogP contribution in [0.1, 0.15) is 96.3 Å². The van der Waals surface area contributed by atoms with Crippen LogP contribution in [0.15, 0.2) is 219 Å². The molecule has 1 saturated carbocycles. The van der Waals surface area contributed by atoms with Crippen LogP contribution in [-0.2, 0) is 30.2 Å². The van der Waals surface area contributed by atoms with Gasteiger partial charge in [0.2, 0.25) is 0 Å². The molecule has 14 rings (SSSR count). The third-order valence-electron chi connectivity index (χ3n) is 17.0. The fraction of sp³-hybridized carbons (Fsp3) is 0.189. The second-order valence-corrected chi connectivity index (χ2v) is 25.2. The van der Waals surface area contributed by atoms with Crippen molar-refractivity contribution in [2.45, 2.75) is 90.4 Å². The molecule has 1 aliphatic carbocycles. The Kier molecular flexibility index (Phi) is 12.6. The first-order valence-electron chi connectivity index (χ1n) is 28.7. The minimum atomic E-state index is -0.0465. The molecule has 0 atom stereocenters. The molecule has 0 saturated heterocycles. The van der Waals surface area contributed by atoms with Crippen LogP contribution < -0.4 is 4.74 Å². The molecule has 0 N–H and O–H groups in total. The van der Waals surface area contributed by atoms with E-state index in [0.717, 1.165) is 104 Å². The van der Waals surface area contributed by atoms with Crippen LogP contribution in [0.4, 0.5) is 0 Å². The Balaban J connectivity index is 1.05. The van der Waals surface area contributed by atoms with Crippen LogP contribution in [0, 0.1) is 3.80 Å². The van der Waals surface area contributed by atoms with Gasteiger partial charge in [0.1, 0.15) is 0 Å². The quantitative estimate of drug-likeness (QED) is 0.152. The predicted octanol–water partition coefficient (Wildman–Crippen LogP) is 19.9. The van der Waals surface area contributed by atoms with E-state index in [1.807, 2.05) is 6.20 Å². The summed E-state index contributed by atoms with van der Waals surface area (Å²) in [7, 11) is 0. The summed E-state index contributed by atoms with van der Waals surface area (Å²) in [6, 6.07) is 78.2. The number of hydrogen-bond acceptors (Lipinski definition) is 2. The number of para-hydroxylation sites is 3. The number of benzene rings is 9. The zero-order chi connectivity index (χ0) is 55.1. The Bertz CT molecular complexity index is 4620. The van der Waals surface area contributed by atoms with Crippen LogP contribution in [-0.4, -0.2) is 23.1 Å². The first kappa shape index (κ1) is 50.9. The molecule has 4 heterocycles. The molecule has 4 aromatic heterocycles. The summed E-state index contributed by atoms with van der Waals surface area (Å²) in [5, 5.41) is 4.73. The first-order chi connectivity index (χ1) is 39.4. The Morgan fingerprint density at radius 1 is 0.444 bits per heavy atom. The van der Waals surface area contributed by atoms with E-state index in [9.17, 15) is 0 Å². The van der Waals surface area contributed by atoms with Gasteiger partial charge < -0.3 is 0 Å². The molecule has 0 aliphatic heterocycles. The number of hydrogen-bond donors (Lipinski definition) is 0. The molecule has 7 heteroatoms. The summed E-state index contributed by atoms with van der Waals surface area (Å²) >= 11 is 2.60. The van der Waals surface area contributed by atoms with E-state index in [1.54, 1.807) is 0 Å². The molecular weight excluding hydrogens is 1170 g/mol. The number of fused-ring (bicyclic) bond motifs is 7. The molecule has 402 valence electrons. The van der Waals surface area contributed by atoms with Crippen LogP contribution in [0.25, 0.3) is 99.6 Å². The van der Waals surface area contributed by atoms with Gasteiger partial charge >= 0.3 is 394 Å². The van der Waals surface area contributed by atoms with Crippen LogP contribution in [0.3, 0.4) is 0 Å². The first-order valence-corrected chi connectivity index (χ1v) is 29.8. The summed E-state index contributed by atoms with van der Waals surface area (Å²) in [4.78, 5) is 5.08. The molecule has 1 aliphatic rings. The summed E-state index contributed by atoms with van der Waals surface area (Å²) in [6.45, 7) is 13.6. The van der Waals surface area contributed by atoms with Crippen LogP contribution in [0.2, 0.25) is 0 Å². The normalized spacial score (nSPS) is 13.6. The molecule has 1 fully saturated rings. The maximum absolute atomic E-state index is 7.27. The number of aromatic nitrogens is 5. The minimum absolute atomic E-state index is 0.00672. The van der Waals surface area contributed by atoms with Crippen molar-refractivity contribution < 1.29 is 24.1 Å². The van der Waals surface area contributed by atoms with Gasteiger partial charge in [0.25, 0.3) is 0 Å². The van der Waals surface area contributed by atoms with Crippen molar-refractivity contribution in [1.82, 2.24) is 23.1 Å². The number of nitrogens with zero attached hydrogens (tertiary/aromatic N) is 5. The fourth-order valence-electron chi connectivity index (χ4n) is 12.9. The summed E-state index contributed by atoms with van der Waals surface area (Å²) < 4.78 is 18.1. The molecule has 13 aromatic rings. The van der Waals surface area contributed by atoms with Crippen molar-refractivity contribution in [1.29, 1.82) is 0 Å². The van der Waals surface area contributed by atoms with E-state index in [-0.39, 0.29) is 10.8 Å². The molecule has 0 radical (unpaired) electrons. The number of ether oxygens (including phenoxy) is 1. The van der Waals surface area contributed by atoms with Gasteiger partial charge in [-0.15, -0.1) is 0 Å². The van der Waals surface area contributed by atoms with E-state index in [0.29, 0.717) is 5.92 Å². The van der Waals surface area contributed by atoms with Crippen molar-refractivity contribution in [2.24, 2.45) is 0 Å². The molecule has 81 heavy (non-hydrogen) atoms. The van der Waals surface area contributed by atoms with Gasteiger partial charge in [-0.25, -0.2) is 0 Å². The van der Waals surface area contributed by atoms with Crippen molar-refractivity contribution in [3.05, 3.63) is 239 Å². The predicted molar refractivity (Wildman–Crippen MR) is 333 cm³/mol. The van der Waals surface area contributed by atoms with E-state index in [4.69, 9.17) is 9.72 Å². The van der Waals surface area contributed by atoms with Gasteiger partial charge in [0.05, 0.1) is 0 Å². The van der Waals surface area contributed by atoms with Gasteiger partial charge in [-0.05, 0) is 41.4 Å². The average molecular weight is 1240 g/mol. The standard InChI is InChI=1S/C74H65N5O.Pt/c1-73(2,3)53-33-35-55(36-34-53)78-64-30-17-16-26-60(64)62-29-19-31-67-72(62)77(48-76(67)71-58(50-22-12-8-13-23-50)27-18-28-59(71)51-24-14-9-15-25-51)69-47-57(38-41-66(69)78)80-56-37-39-61-63-44-52(49-20-10-7-11-21-49)32-40-65(63)79(68(61)46-56)70-45-54(42-43-75-70)74(4,5)6;/h8-9,12-19,22-47,49H,7,10-11,20-21H2,1-6H3;. The number of imidazole rings is 1. The third-order valence-corrected chi connectivity index (χ3v) is 18.0.